The molecule has 2 aromatic rings. The number of hydrogen-bond acceptors (Lipinski definition) is 4. The third kappa shape index (κ3) is 3.73. The maximum Gasteiger partial charge on any atom is 0.253 e. The molecule has 5 nitrogen and oxygen atoms in total. The first-order chi connectivity index (χ1) is 11.1. The lowest BCUT2D eigenvalue weighted by Gasteiger charge is -2.32. The minimum atomic E-state index is -0.374. The number of piperidine rings is 1. The highest BCUT2D eigenvalue weighted by Crippen LogP contribution is 2.21. The predicted molar refractivity (Wildman–Crippen MR) is 85.8 cm³/mol. The van der Waals surface area contributed by atoms with Crippen LogP contribution in [0, 0.1) is 11.7 Å². The standard InChI is InChI=1S/C16H16FN3O2S/c17-13-5-3-11(4-6-13)15(22)20-8-1-2-12(10-20)14(21)19-16-18-7-9-23-16/h3-7,9,12H,1-2,8,10H2,(H,18,19,21)/t12-/m1/s1. The van der Waals surface area contributed by atoms with Gasteiger partial charge in [-0.1, -0.05) is 0 Å². The summed E-state index contributed by atoms with van der Waals surface area (Å²) in [6.45, 7) is 0.977. The number of nitrogens with one attached hydrogen (secondary N) is 1. The van der Waals surface area contributed by atoms with Crippen molar-refractivity contribution in [3.8, 4) is 0 Å². The zero-order chi connectivity index (χ0) is 16.2. The highest BCUT2D eigenvalue weighted by atomic mass is 32.1. The van der Waals surface area contributed by atoms with Crippen molar-refractivity contribution in [2.45, 2.75) is 12.8 Å². The van der Waals surface area contributed by atoms with Gasteiger partial charge in [-0.25, -0.2) is 9.37 Å². The van der Waals surface area contributed by atoms with Crippen molar-refractivity contribution in [1.82, 2.24) is 9.88 Å². The average Bonchev–Trinajstić information content (AvgIpc) is 3.08. The Morgan fingerprint density at radius 2 is 2.09 bits per heavy atom. The normalized spacial score (nSPS) is 17.8. The number of halogens is 1. The van der Waals surface area contributed by atoms with E-state index in [1.165, 1.54) is 35.6 Å². The number of nitrogens with zero attached hydrogens (tertiary/aromatic N) is 2. The fourth-order valence-corrected chi connectivity index (χ4v) is 3.18. The van der Waals surface area contributed by atoms with E-state index in [1.807, 2.05) is 0 Å². The number of carbonyl (C=O) groups excluding carboxylic acids is 2. The van der Waals surface area contributed by atoms with Crippen LogP contribution in [0.2, 0.25) is 0 Å². The molecule has 1 atom stereocenters. The maximum atomic E-state index is 13.0. The average molecular weight is 333 g/mol. The summed E-state index contributed by atoms with van der Waals surface area (Å²) in [5.41, 5.74) is 0.437. The van der Waals surface area contributed by atoms with Crippen LogP contribution in [0.25, 0.3) is 0 Å². The van der Waals surface area contributed by atoms with E-state index in [1.54, 1.807) is 16.5 Å². The molecule has 0 unspecified atom stereocenters. The van der Waals surface area contributed by atoms with Crippen LogP contribution in [0.4, 0.5) is 9.52 Å². The molecule has 3 rings (SSSR count). The molecular formula is C16H16FN3O2S. The molecule has 0 radical (unpaired) electrons. The molecule has 1 aromatic heterocycles. The van der Waals surface area contributed by atoms with Crippen molar-refractivity contribution in [2.75, 3.05) is 18.4 Å². The molecule has 0 spiro atoms. The molecule has 1 aliphatic rings. The van der Waals surface area contributed by atoms with Gasteiger partial charge in [0.1, 0.15) is 5.82 Å². The number of likely N-dealkylation sites (tertiary alicyclic amines) is 1. The molecule has 0 bridgehead atoms. The molecule has 1 aliphatic heterocycles. The molecule has 0 aliphatic carbocycles. The fraction of sp³-hybridized carbons (Fsp3) is 0.312. The minimum Gasteiger partial charge on any atom is -0.338 e. The van der Waals surface area contributed by atoms with E-state index >= 15 is 0 Å². The van der Waals surface area contributed by atoms with Gasteiger partial charge in [-0.2, -0.15) is 0 Å². The van der Waals surface area contributed by atoms with Gasteiger partial charge in [-0.15, -0.1) is 11.3 Å². The molecule has 2 amide bonds. The minimum absolute atomic E-state index is 0.114. The Balaban J connectivity index is 1.64. The third-order valence-corrected chi connectivity index (χ3v) is 4.52. The van der Waals surface area contributed by atoms with Crippen molar-refractivity contribution >= 4 is 28.3 Å². The van der Waals surface area contributed by atoms with E-state index in [0.717, 1.165) is 12.8 Å². The van der Waals surface area contributed by atoms with E-state index in [2.05, 4.69) is 10.3 Å². The first-order valence-electron chi connectivity index (χ1n) is 7.38. The van der Waals surface area contributed by atoms with Crippen molar-refractivity contribution in [3.05, 3.63) is 47.2 Å². The SMILES string of the molecule is O=C(Nc1nccs1)[C@@H]1CCCN(C(=O)c2ccc(F)cc2)C1. The number of anilines is 1. The van der Waals surface area contributed by atoms with Gasteiger partial charge in [-0.05, 0) is 37.1 Å². The van der Waals surface area contributed by atoms with Gasteiger partial charge >= 0.3 is 0 Å². The lowest BCUT2D eigenvalue weighted by Crippen LogP contribution is -2.43. The molecule has 120 valence electrons. The monoisotopic (exact) mass is 333 g/mol. The van der Waals surface area contributed by atoms with Gasteiger partial charge in [0.2, 0.25) is 5.91 Å². The van der Waals surface area contributed by atoms with E-state index in [-0.39, 0.29) is 23.5 Å². The number of aromatic nitrogens is 1. The molecule has 0 saturated carbocycles. The van der Waals surface area contributed by atoms with E-state index in [0.29, 0.717) is 23.8 Å². The smallest absolute Gasteiger partial charge is 0.253 e. The van der Waals surface area contributed by atoms with Crippen molar-refractivity contribution in [1.29, 1.82) is 0 Å². The molecular weight excluding hydrogens is 317 g/mol. The molecule has 2 heterocycles. The Labute approximate surface area is 137 Å². The van der Waals surface area contributed by atoms with Crippen LogP contribution in [-0.4, -0.2) is 34.8 Å². The number of thiazole rings is 1. The van der Waals surface area contributed by atoms with E-state index in [4.69, 9.17) is 0 Å². The summed E-state index contributed by atoms with van der Waals surface area (Å²) < 4.78 is 13.0. The Bertz CT molecular complexity index is 688. The molecule has 1 aromatic carbocycles. The Kier molecular flexibility index (Phi) is 4.66. The van der Waals surface area contributed by atoms with Crippen LogP contribution in [0.5, 0.6) is 0 Å². The largest absolute Gasteiger partial charge is 0.338 e. The van der Waals surface area contributed by atoms with Crippen molar-refractivity contribution in [3.63, 3.8) is 0 Å². The number of amides is 2. The lowest BCUT2D eigenvalue weighted by molar-refractivity contribution is -0.121. The maximum absolute atomic E-state index is 13.0. The van der Waals surface area contributed by atoms with Crippen LogP contribution in [0.3, 0.4) is 0 Å². The highest BCUT2D eigenvalue weighted by Gasteiger charge is 2.29. The zero-order valence-electron chi connectivity index (χ0n) is 12.4. The second-order valence-corrected chi connectivity index (χ2v) is 6.32. The summed E-state index contributed by atoms with van der Waals surface area (Å²) in [5, 5.41) is 5.14. The Morgan fingerprint density at radius 1 is 1.30 bits per heavy atom. The van der Waals surface area contributed by atoms with Crippen LogP contribution in [0.1, 0.15) is 23.2 Å². The zero-order valence-corrected chi connectivity index (χ0v) is 13.2. The van der Waals surface area contributed by atoms with Crippen LogP contribution in [-0.2, 0) is 4.79 Å². The van der Waals surface area contributed by atoms with Crippen molar-refractivity contribution in [2.24, 2.45) is 5.92 Å². The quantitative estimate of drug-likeness (QED) is 0.939. The lowest BCUT2D eigenvalue weighted by atomic mass is 9.96. The number of rotatable bonds is 3. The van der Waals surface area contributed by atoms with E-state index in [9.17, 15) is 14.0 Å². The molecule has 1 N–H and O–H groups in total. The summed E-state index contributed by atoms with van der Waals surface area (Å²) in [4.78, 5) is 30.4. The van der Waals surface area contributed by atoms with Gasteiger partial charge in [0.25, 0.3) is 5.91 Å². The first-order valence-corrected chi connectivity index (χ1v) is 8.26. The van der Waals surface area contributed by atoms with Gasteiger partial charge in [0, 0.05) is 30.2 Å². The second-order valence-electron chi connectivity index (χ2n) is 5.42. The molecule has 7 heteroatoms. The third-order valence-electron chi connectivity index (χ3n) is 3.83. The summed E-state index contributed by atoms with van der Waals surface area (Å²) in [5.74, 6) is -0.911. The van der Waals surface area contributed by atoms with E-state index < -0.39 is 0 Å². The number of benzene rings is 1. The highest BCUT2D eigenvalue weighted by molar-refractivity contribution is 7.13. The van der Waals surface area contributed by atoms with Crippen LogP contribution in [0.15, 0.2) is 35.8 Å². The Hall–Kier alpha value is -2.28. The summed E-state index contributed by atoms with van der Waals surface area (Å²) in [6, 6.07) is 5.47. The van der Waals surface area contributed by atoms with Gasteiger partial charge < -0.3 is 10.2 Å². The van der Waals surface area contributed by atoms with Crippen LogP contribution < -0.4 is 5.32 Å². The fourth-order valence-electron chi connectivity index (χ4n) is 2.64. The summed E-state index contributed by atoms with van der Waals surface area (Å²) >= 11 is 1.36. The summed E-state index contributed by atoms with van der Waals surface area (Å²) in [6.07, 6.45) is 3.14. The second kappa shape index (κ2) is 6.87. The molecule has 1 fully saturated rings. The van der Waals surface area contributed by atoms with Crippen molar-refractivity contribution < 1.29 is 14.0 Å². The number of carbonyl (C=O) groups is 2. The van der Waals surface area contributed by atoms with Gasteiger partial charge in [0.05, 0.1) is 5.92 Å². The summed E-state index contributed by atoms with van der Waals surface area (Å²) in [7, 11) is 0. The Morgan fingerprint density at radius 3 is 2.78 bits per heavy atom. The predicted octanol–water partition coefficient (Wildman–Crippen LogP) is 2.77. The van der Waals surface area contributed by atoms with Gasteiger partial charge in [0.15, 0.2) is 5.13 Å². The van der Waals surface area contributed by atoms with Crippen LogP contribution >= 0.6 is 11.3 Å². The van der Waals surface area contributed by atoms with Gasteiger partial charge in [-0.3, -0.25) is 9.59 Å². The molecule has 1 saturated heterocycles. The molecule has 23 heavy (non-hydrogen) atoms. The first kappa shape index (κ1) is 15.6. The topological polar surface area (TPSA) is 62.3 Å². The number of hydrogen-bond donors (Lipinski definition) is 1.